The van der Waals surface area contributed by atoms with Crippen molar-refractivity contribution in [1.29, 1.82) is 0 Å². The lowest BCUT2D eigenvalue weighted by atomic mass is 9.95. The van der Waals surface area contributed by atoms with Crippen LogP contribution in [0.5, 0.6) is 0 Å². The average Bonchev–Trinajstić information content (AvgIpc) is 2.53. The number of benzene rings is 2. The lowest BCUT2D eigenvalue weighted by Crippen LogP contribution is -2.22. The average molecular weight is 294 g/mol. The van der Waals surface area contributed by atoms with Crippen LogP contribution in [-0.4, -0.2) is 6.04 Å². The van der Waals surface area contributed by atoms with Crippen molar-refractivity contribution in [2.24, 2.45) is 0 Å². The molecule has 1 fully saturated rings. The van der Waals surface area contributed by atoms with Gasteiger partial charge in [-0.05, 0) is 62.6 Å². The summed E-state index contributed by atoms with van der Waals surface area (Å²) in [6, 6.07) is 15.8. The molecule has 0 bridgehead atoms. The second-order valence-corrected chi connectivity index (χ2v) is 6.50. The molecule has 1 aliphatic carbocycles. The van der Waals surface area contributed by atoms with Gasteiger partial charge in [0.05, 0.1) is 0 Å². The summed E-state index contributed by atoms with van der Waals surface area (Å²) in [5, 5.41) is 7.19. The third-order valence-electron chi connectivity index (χ3n) is 4.53. The second kappa shape index (κ2) is 6.87. The quantitative estimate of drug-likeness (QED) is 0.745. The molecule has 0 aliphatic heterocycles. The van der Waals surface area contributed by atoms with Crippen molar-refractivity contribution in [2.45, 2.75) is 52.0 Å². The van der Waals surface area contributed by atoms with Crippen molar-refractivity contribution in [3.63, 3.8) is 0 Å². The zero-order valence-corrected chi connectivity index (χ0v) is 13.7. The van der Waals surface area contributed by atoms with Crippen molar-refractivity contribution < 1.29 is 0 Å². The second-order valence-electron chi connectivity index (χ2n) is 6.50. The number of hydrogen-bond donors (Lipinski definition) is 2. The van der Waals surface area contributed by atoms with Crippen LogP contribution in [0.3, 0.4) is 0 Å². The van der Waals surface area contributed by atoms with Gasteiger partial charge in [-0.15, -0.1) is 0 Å². The van der Waals surface area contributed by atoms with Crippen molar-refractivity contribution in [3.8, 4) is 0 Å². The zero-order chi connectivity index (χ0) is 15.4. The summed E-state index contributed by atoms with van der Waals surface area (Å²) in [7, 11) is 0. The Kier molecular flexibility index (Phi) is 4.67. The van der Waals surface area contributed by atoms with Crippen LogP contribution < -0.4 is 10.6 Å². The first-order chi connectivity index (χ1) is 10.7. The minimum absolute atomic E-state index is 0.657. The molecule has 0 atom stereocenters. The summed E-state index contributed by atoms with van der Waals surface area (Å²) in [5.74, 6) is 0. The summed E-state index contributed by atoms with van der Waals surface area (Å²) in [6.07, 6.45) is 6.74. The first-order valence-corrected chi connectivity index (χ1v) is 8.41. The minimum Gasteiger partial charge on any atom is -0.382 e. The van der Waals surface area contributed by atoms with E-state index < -0.39 is 0 Å². The van der Waals surface area contributed by atoms with E-state index in [0.717, 1.165) is 5.69 Å². The number of aryl methyl sites for hydroxylation is 2. The molecule has 0 aromatic heterocycles. The van der Waals surface area contributed by atoms with Crippen LogP contribution in [-0.2, 0) is 0 Å². The molecule has 22 heavy (non-hydrogen) atoms. The fraction of sp³-hybridized carbons (Fsp3) is 0.400. The summed E-state index contributed by atoms with van der Waals surface area (Å²) in [5.41, 5.74) is 6.13. The van der Waals surface area contributed by atoms with Gasteiger partial charge in [0.2, 0.25) is 0 Å². The summed E-state index contributed by atoms with van der Waals surface area (Å²) < 4.78 is 0. The van der Waals surface area contributed by atoms with E-state index in [4.69, 9.17) is 0 Å². The molecule has 1 saturated carbocycles. The van der Waals surface area contributed by atoms with E-state index in [2.05, 4.69) is 66.9 Å². The SMILES string of the molecule is Cc1ccc(Nc2ccc(NC3CCCCC3)cc2C)cc1. The van der Waals surface area contributed by atoms with E-state index in [-0.39, 0.29) is 0 Å². The highest BCUT2D eigenvalue weighted by Crippen LogP contribution is 2.26. The maximum Gasteiger partial charge on any atom is 0.0415 e. The Bertz CT molecular complexity index is 610. The van der Waals surface area contributed by atoms with Crippen LogP contribution in [0.1, 0.15) is 43.2 Å². The van der Waals surface area contributed by atoms with E-state index in [9.17, 15) is 0 Å². The van der Waals surface area contributed by atoms with Crippen molar-refractivity contribution in [1.82, 2.24) is 0 Å². The molecule has 2 heteroatoms. The molecule has 0 spiro atoms. The molecule has 1 aliphatic rings. The molecule has 0 heterocycles. The molecule has 0 unspecified atom stereocenters. The van der Waals surface area contributed by atoms with Crippen LogP contribution in [0.25, 0.3) is 0 Å². The van der Waals surface area contributed by atoms with Gasteiger partial charge in [-0.25, -0.2) is 0 Å². The van der Waals surface area contributed by atoms with Gasteiger partial charge < -0.3 is 10.6 Å². The monoisotopic (exact) mass is 294 g/mol. The van der Waals surface area contributed by atoms with Gasteiger partial charge in [-0.1, -0.05) is 37.0 Å². The summed E-state index contributed by atoms with van der Waals surface area (Å²) >= 11 is 0. The smallest absolute Gasteiger partial charge is 0.0415 e. The number of nitrogens with one attached hydrogen (secondary N) is 2. The number of anilines is 3. The van der Waals surface area contributed by atoms with Gasteiger partial charge in [0.25, 0.3) is 0 Å². The molecule has 0 amide bonds. The largest absolute Gasteiger partial charge is 0.382 e. The fourth-order valence-electron chi connectivity index (χ4n) is 3.17. The van der Waals surface area contributed by atoms with Gasteiger partial charge in [0.15, 0.2) is 0 Å². The zero-order valence-electron chi connectivity index (χ0n) is 13.7. The Morgan fingerprint density at radius 1 is 0.818 bits per heavy atom. The first kappa shape index (κ1) is 15.0. The van der Waals surface area contributed by atoms with Crippen molar-refractivity contribution in [2.75, 3.05) is 10.6 Å². The topological polar surface area (TPSA) is 24.1 Å². The minimum atomic E-state index is 0.657. The van der Waals surface area contributed by atoms with Crippen LogP contribution in [0.15, 0.2) is 42.5 Å². The Balaban J connectivity index is 1.67. The van der Waals surface area contributed by atoms with Gasteiger partial charge in [0.1, 0.15) is 0 Å². The molecule has 2 aromatic carbocycles. The highest BCUT2D eigenvalue weighted by molar-refractivity contribution is 5.66. The summed E-state index contributed by atoms with van der Waals surface area (Å²) in [4.78, 5) is 0. The van der Waals surface area contributed by atoms with Gasteiger partial charge >= 0.3 is 0 Å². The van der Waals surface area contributed by atoms with E-state index in [1.54, 1.807) is 0 Å². The van der Waals surface area contributed by atoms with E-state index >= 15 is 0 Å². The van der Waals surface area contributed by atoms with Gasteiger partial charge in [0, 0.05) is 23.1 Å². The van der Waals surface area contributed by atoms with Crippen LogP contribution in [0.4, 0.5) is 17.1 Å². The highest BCUT2D eigenvalue weighted by Gasteiger charge is 2.13. The van der Waals surface area contributed by atoms with E-state index in [1.807, 2.05) is 0 Å². The predicted octanol–water partition coefficient (Wildman–Crippen LogP) is 5.79. The first-order valence-electron chi connectivity index (χ1n) is 8.41. The predicted molar refractivity (Wildman–Crippen MR) is 96.1 cm³/mol. The molecular formula is C20H26N2. The van der Waals surface area contributed by atoms with Gasteiger partial charge in [-0.3, -0.25) is 0 Å². The van der Waals surface area contributed by atoms with E-state index in [0.29, 0.717) is 6.04 Å². The van der Waals surface area contributed by atoms with Crippen LogP contribution in [0, 0.1) is 13.8 Å². The third-order valence-corrected chi connectivity index (χ3v) is 4.53. The Labute approximate surface area is 134 Å². The molecule has 2 N–H and O–H groups in total. The maximum absolute atomic E-state index is 3.69. The lowest BCUT2D eigenvalue weighted by molar-refractivity contribution is 0.463. The number of hydrogen-bond acceptors (Lipinski definition) is 2. The van der Waals surface area contributed by atoms with E-state index in [1.165, 1.54) is 54.6 Å². The highest BCUT2D eigenvalue weighted by atomic mass is 14.9. The molecule has 2 aromatic rings. The molecule has 0 radical (unpaired) electrons. The summed E-state index contributed by atoms with van der Waals surface area (Å²) in [6.45, 7) is 4.28. The van der Waals surface area contributed by atoms with Gasteiger partial charge in [-0.2, -0.15) is 0 Å². The van der Waals surface area contributed by atoms with Crippen molar-refractivity contribution >= 4 is 17.1 Å². The Morgan fingerprint density at radius 2 is 1.50 bits per heavy atom. The molecule has 116 valence electrons. The number of rotatable bonds is 4. The Morgan fingerprint density at radius 3 is 2.18 bits per heavy atom. The third kappa shape index (κ3) is 3.82. The fourth-order valence-corrected chi connectivity index (χ4v) is 3.17. The molecule has 0 saturated heterocycles. The molecule has 3 rings (SSSR count). The Hall–Kier alpha value is -1.96. The van der Waals surface area contributed by atoms with Crippen LogP contribution >= 0.6 is 0 Å². The van der Waals surface area contributed by atoms with Crippen molar-refractivity contribution in [3.05, 3.63) is 53.6 Å². The standard InChI is InChI=1S/C20H26N2/c1-15-8-10-18(11-9-15)22-20-13-12-19(14-16(20)2)21-17-6-4-3-5-7-17/h8-14,17,21-22H,3-7H2,1-2H3. The normalized spacial score (nSPS) is 15.5. The lowest BCUT2D eigenvalue weighted by Gasteiger charge is -2.24. The molecular weight excluding hydrogens is 268 g/mol. The van der Waals surface area contributed by atoms with Crippen LogP contribution in [0.2, 0.25) is 0 Å². The molecule has 2 nitrogen and oxygen atoms in total. The maximum atomic E-state index is 3.69.